The van der Waals surface area contributed by atoms with Gasteiger partial charge in [-0.1, -0.05) is 17.7 Å². The molecule has 13 heavy (non-hydrogen) atoms. The van der Waals surface area contributed by atoms with Crippen molar-refractivity contribution in [1.82, 2.24) is 0 Å². The summed E-state index contributed by atoms with van der Waals surface area (Å²) in [4.78, 5) is 1.40. The van der Waals surface area contributed by atoms with Gasteiger partial charge in [0.05, 0.1) is 0 Å². The molecule has 2 N–H and O–H groups in total. The first kappa shape index (κ1) is 10.6. The lowest BCUT2D eigenvalue weighted by Gasteiger charge is -2.09. The molecular weight excluding hydrogens is 178 g/mol. The quantitative estimate of drug-likeness (QED) is 0.750. The highest BCUT2D eigenvalue weighted by atomic mass is 32.2. The first-order valence-corrected chi connectivity index (χ1v) is 5.54. The van der Waals surface area contributed by atoms with E-state index in [0.29, 0.717) is 0 Å². The highest BCUT2D eigenvalue weighted by molar-refractivity contribution is 7.99. The Morgan fingerprint density at radius 3 is 2.15 bits per heavy atom. The number of hydrogen-bond acceptors (Lipinski definition) is 2. The van der Waals surface area contributed by atoms with Gasteiger partial charge in [-0.2, -0.15) is 0 Å². The molecule has 0 fully saturated rings. The minimum atomic E-state index is 0.747. The van der Waals surface area contributed by atoms with Gasteiger partial charge in [0, 0.05) is 17.2 Å². The summed E-state index contributed by atoms with van der Waals surface area (Å²) in [6.07, 6.45) is 0. The van der Waals surface area contributed by atoms with Gasteiger partial charge in [0.1, 0.15) is 0 Å². The number of nitrogens with two attached hydrogens (primary N) is 1. The van der Waals surface area contributed by atoms with Crippen LogP contribution in [0, 0.1) is 20.8 Å². The minimum absolute atomic E-state index is 0.747. The fourth-order valence-corrected chi connectivity index (χ4v) is 2.45. The zero-order valence-electron chi connectivity index (χ0n) is 8.55. The lowest BCUT2D eigenvalue weighted by Crippen LogP contribution is -2.01. The fraction of sp³-hybridized carbons (Fsp3) is 0.455. The predicted molar refractivity (Wildman–Crippen MR) is 60.4 cm³/mol. The summed E-state index contributed by atoms with van der Waals surface area (Å²) in [7, 11) is 0. The number of thioether (sulfide) groups is 1. The summed E-state index contributed by atoms with van der Waals surface area (Å²) in [5.74, 6) is 1.00. The molecule has 0 atom stereocenters. The van der Waals surface area contributed by atoms with Crippen molar-refractivity contribution in [3.05, 3.63) is 28.8 Å². The number of aryl methyl sites for hydroxylation is 3. The molecule has 1 aromatic carbocycles. The van der Waals surface area contributed by atoms with Gasteiger partial charge in [-0.05, 0) is 31.9 Å². The molecule has 0 aliphatic rings. The normalized spacial score (nSPS) is 10.5. The Labute approximate surface area is 84.7 Å². The fourth-order valence-electron chi connectivity index (χ4n) is 1.56. The van der Waals surface area contributed by atoms with Crippen molar-refractivity contribution < 1.29 is 0 Å². The Bertz CT molecular complexity index is 271. The third-order valence-corrected chi connectivity index (χ3v) is 3.34. The van der Waals surface area contributed by atoms with E-state index in [1.54, 1.807) is 0 Å². The molecule has 0 spiro atoms. The van der Waals surface area contributed by atoms with Crippen LogP contribution in [0.3, 0.4) is 0 Å². The van der Waals surface area contributed by atoms with Gasteiger partial charge in [0.25, 0.3) is 0 Å². The largest absolute Gasteiger partial charge is 0.330 e. The van der Waals surface area contributed by atoms with Crippen LogP contribution in [0.5, 0.6) is 0 Å². The van der Waals surface area contributed by atoms with Gasteiger partial charge in [-0.3, -0.25) is 0 Å². The summed E-state index contributed by atoms with van der Waals surface area (Å²) in [5.41, 5.74) is 9.57. The molecule has 0 aliphatic heterocycles. The van der Waals surface area contributed by atoms with Gasteiger partial charge < -0.3 is 5.73 Å². The average Bonchev–Trinajstić information content (AvgIpc) is 2.02. The summed E-state index contributed by atoms with van der Waals surface area (Å²) in [6, 6.07) is 4.46. The van der Waals surface area contributed by atoms with E-state index in [1.807, 2.05) is 11.8 Å². The van der Waals surface area contributed by atoms with E-state index in [9.17, 15) is 0 Å². The summed E-state index contributed by atoms with van der Waals surface area (Å²) in [5, 5.41) is 0. The van der Waals surface area contributed by atoms with E-state index in [0.717, 1.165) is 12.3 Å². The zero-order chi connectivity index (χ0) is 9.84. The van der Waals surface area contributed by atoms with Crippen molar-refractivity contribution in [2.24, 2.45) is 5.73 Å². The second-order valence-electron chi connectivity index (χ2n) is 3.36. The Morgan fingerprint density at radius 1 is 1.15 bits per heavy atom. The highest BCUT2D eigenvalue weighted by Crippen LogP contribution is 2.26. The molecule has 0 unspecified atom stereocenters. The summed E-state index contributed by atoms with van der Waals surface area (Å²) in [6.45, 7) is 7.21. The number of benzene rings is 1. The lowest BCUT2D eigenvalue weighted by molar-refractivity contribution is 1.13. The average molecular weight is 195 g/mol. The Balaban J connectivity index is 2.92. The van der Waals surface area contributed by atoms with E-state index in [2.05, 4.69) is 32.9 Å². The van der Waals surface area contributed by atoms with Gasteiger partial charge in [0.2, 0.25) is 0 Å². The summed E-state index contributed by atoms with van der Waals surface area (Å²) >= 11 is 1.86. The molecule has 0 amide bonds. The van der Waals surface area contributed by atoms with Crippen molar-refractivity contribution >= 4 is 11.8 Å². The molecule has 0 saturated heterocycles. The number of rotatable bonds is 3. The van der Waals surface area contributed by atoms with Gasteiger partial charge in [-0.25, -0.2) is 0 Å². The maximum Gasteiger partial charge on any atom is 0.0131 e. The molecule has 72 valence electrons. The van der Waals surface area contributed by atoms with E-state index in [4.69, 9.17) is 5.73 Å². The first-order valence-electron chi connectivity index (χ1n) is 4.56. The van der Waals surface area contributed by atoms with Crippen molar-refractivity contribution in [3.63, 3.8) is 0 Å². The molecule has 2 heteroatoms. The van der Waals surface area contributed by atoms with Crippen LogP contribution >= 0.6 is 11.8 Å². The van der Waals surface area contributed by atoms with Crippen LogP contribution in [-0.2, 0) is 0 Å². The van der Waals surface area contributed by atoms with Crippen molar-refractivity contribution in [2.45, 2.75) is 25.7 Å². The molecule has 0 aromatic heterocycles. The van der Waals surface area contributed by atoms with Crippen LogP contribution in [0.2, 0.25) is 0 Å². The predicted octanol–water partition coefficient (Wildman–Crippen LogP) is 2.66. The van der Waals surface area contributed by atoms with Gasteiger partial charge in [0.15, 0.2) is 0 Å². The van der Waals surface area contributed by atoms with Crippen molar-refractivity contribution in [2.75, 3.05) is 12.3 Å². The maximum absolute atomic E-state index is 5.49. The second kappa shape index (κ2) is 4.68. The SMILES string of the molecule is Cc1cc(C)c(SCCN)c(C)c1. The van der Waals surface area contributed by atoms with Crippen molar-refractivity contribution in [3.8, 4) is 0 Å². The molecular formula is C11H17NS. The molecule has 0 aliphatic carbocycles. The van der Waals surface area contributed by atoms with Crippen LogP contribution in [-0.4, -0.2) is 12.3 Å². The summed E-state index contributed by atoms with van der Waals surface area (Å²) < 4.78 is 0. The lowest BCUT2D eigenvalue weighted by atomic mass is 10.1. The van der Waals surface area contributed by atoms with E-state index >= 15 is 0 Å². The standard InChI is InChI=1S/C11H17NS/c1-8-6-9(2)11(10(3)7-8)13-5-4-12/h6-7H,4-5,12H2,1-3H3. The van der Waals surface area contributed by atoms with E-state index in [1.165, 1.54) is 21.6 Å². The Kier molecular flexibility index (Phi) is 3.82. The Morgan fingerprint density at radius 2 is 1.69 bits per heavy atom. The van der Waals surface area contributed by atoms with Crippen molar-refractivity contribution in [1.29, 1.82) is 0 Å². The van der Waals surface area contributed by atoms with Crippen LogP contribution in [0.4, 0.5) is 0 Å². The smallest absolute Gasteiger partial charge is 0.0131 e. The maximum atomic E-state index is 5.49. The topological polar surface area (TPSA) is 26.0 Å². The third-order valence-electron chi connectivity index (χ3n) is 1.97. The molecule has 1 nitrogen and oxygen atoms in total. The molecule has 0 radical (unpaired) electrons. The Hall–Kier alpha value is -0.470. The van der Waals surface area contributed by atoms with E-state index < -0.39 is 0 Å². The molecule has 1 aromatic rings. The van der Waals surface area contributed by atoms with Gasteiger partial charge >= 0.3 is 0 Å². The minimum Gasteiger partial charge on any atom is -0.330 e. The van der Waals surface area contributed by atoms with Crippen LogP contribution in [0.1, 0.15) is 16.7 Å². The third kappa shape index (κ3) is 2.75. The molecule has 1 rings (SSSR count). The van der Waals surface area contributed by atoms with Crippen LogP contribution in [0.15, 0.2) is 17.0 Å². The zero-order valence-corrected chi connectivity index (χ0v) is 9.37. The molecule has 0 saturated carbocycles. The molecule has 0 bridgehead atoms. The molecule has 0 heterocycles. The van der Waals surface area contributed by atoms with Crippen LogP contribution < -0.4 is 5.73 Å². The second-order valence-corrected chi connectivity index (χ2v) is 4.47. The number of hydrogen-bond donors (Lipinski definition) is 1. The first-order chi connectivity index (χ1) is 6.15. The van der Waals surface area contributed by atoms with E-state index in [-0.39, 0.29) is 0 Å². The monoisotopic (exact) mass is 195 g/mol. The highest BCUT2D eigenvalue weighted by Gasteiger charge is 2.03. The van der Waals surface area contributed by atoms with Crippen LogP contribution in [0.25, 0.3) is 0 Å². The van der Waals surface area contributed by atoms with Gasteiger partial charge in [-0.15, -0.1) is 11.8 Å².